The Hall–Kier alpha value is -3.85. The van der Waals surface area contributed by atoms with Crippen molar-refractivity contribution >= 4 is 17.7 Å². The van der Waals surface area contributed by atoms with E-state index in [9.17, 15) is 4.79 Å². The second-order valence-electron chi connectivity index (χ2n) is 7.60. The quantitative estimate of drug-likeness (QED) is 0.355. The van der Waals surface area contributed by atoms with Gasteiger partial charge in [0.25, 0.3) is 0 Å². The summed E-state index contributed by atoms with van der Waals surface area (Å²) in [6.45, 7) is 3.30. The first-order chi connectivity index (χ1) is 16.7. The van der Waals surface area contributed by atoms with Gasteiger partial charge in [0.1, 0.15) is 0 Å². The fourth-order valence-corrected chi connectivity index (χ4v) is 4.56. The van der Waals surface area contributed by atoms with E-state index in [1.165, 1.54) is 11.8 Å². The minimum atomic E-state index is 0.0238. The third kappa shape index (κ3) is 4.60. The number of aromatic nitrogens is 4. The van der Waals surface area contributed by atoms with Crippen LogP contribution in [-0.2, 0) is 11.3 Å². The van der Waals surface area contributed by atoms with Crippen LogP contribution in [0.1, 0.15) is 12.5 Å². The monoisotopic (exact) mass is 473 g/mol. The molecule has 8 nitrogen and oxygen atoms in total. The van der Waals surface area contributed by atoms with Crippen LogP contribution in [0.25, 0.3) is 17.1 Å². The topological polar surface area (TPSA) is 82.4 Å². The molecule has 0 bridgehead atoms. The fourth-order valence-electron chi connectivity index (χ4n) is 3.71. The maximum Gasteiger partial charge on any atom is 0.233 e. The van der Waals surface area contributed by atoms with E-state index in [4.69, 9.17) is 9.47 Å². The number of fused-ring (bicyclic) bond motifs is 1. The van der Waals surface area contributed by atoms with Crippen molar-refractivity contribution in [1.82, 2.24) is 24.6 Å². The zero-order valence-corrected chi connectivity index (χ0v) is 19.4. The SMILES string of the molecule is CCN(Cc1ccc2c(c1)OCO2)C(=O)CSc1nnc(-c2cccnc2)n1-c1ccccc1. The molecular weight excluding hydrogens is 450 g/mol. The molecular formula is C25H23N5O3S. The lowest BCUT2D eigenvalue weighted by Crippen LogP contribution is -2.31. The molecule has 172 valence electrons. The predicted octanol–water partition coefficient (Wildman–Crippen LogP) is 4.20. The average molecular weight is 474 g/mol. The highest BCUT2D eigenvalue weighted by molar-refractivity contribution is 7.99. The van der Waals surface area contributed by atoms with Crippen molar-refractivity contribution < 1.29 is 14.3 Å². The lowest BCUT2D eigenvalue weighted by Gasteiger charge is -2.21. The van der Waals surface area contributed by atoms with Crippen molar-refractivity contribution in [3.63, 3.8) is 0 Å². The molecule has 2 aromatic carbocycles. The Morgan fingerprint density at radius 1 is 1.06 bits per heavy atom. The number of carbonyl (C=O) groups excluding carboxylic acids is 1. The summed E-state index contributed by atoms with van der Waals surface area (Å²) >= 11 is 1.37. The Kier molecular flexibility index (Phi) is 6.44. The third-order valence-corrected chi connectivity index (χ3v) is 6.35. The van der Waals surface area contributed by atoms with E-state index in [1.807, 2.05) is 77.1 Å². The molecule has 34 heavy (non-hydrogen) atoms. The molecule has 0 saturated heterocycles. The molecule has 0 fully saturated rings. The first kappa shape index (κ1) is 22.0. The molecule has 3 heterocycles. The summed E-state index contributed by atoms with van der Waals surface area (Å²) < 4.78 is 12.8. The third-order valence-electron chi connectivity index (χ3n) is 5.44. The van der Waals surface area contributed by atoms with Gasteiger partial charge < -0.3 is 14.4 Å². The number of benzene rings is 2. The van der Waals surface area contributed by atoms with Crippen LogP contribution in [0.4, 0.5) is 0 Å². The maximum absolute atomic E-state index is 13.1. The van der Waals surface area contributed by atoms with Crippen LogP contribution in [-0.4, -0.2) is 49.6 Å². The van der Waals surface area contributed by atoms with Crippen molar-refractivity contribution in [3.8, 4) is 28.6 Å². The van der Waals surface area contributed by atoms with E-state index < -0.39 is 0 Å². The first-order valence-electron chi connectivity index (χ1n) is 10.9. The molecule has 0 aliphatic carbocycles. The molecule has 9 heteroatoms. The minimum Gasteiger partial charge on any atom is -0.454 e. The minimum absolute atomic E-state index is 0.0238. The van der Waals surface area contributed by atoms with Crippen LogP contribution >= 0.6 is 11.8 Å². The van der Waals surface area contributed by atoms with Gasteiger partial charge in [-0.2, -0.15) is 0 Å². The van der Waals surface area contributed by atoms with Crippen LogP contribution in [0.2, 0.25) is 0 Å². The summed E-state index contributed by atoms with van der Waals surface area (Å²) in [5, 5.41) is 9.46. The Bertz CT molecular complexity index is 1280. The molecule has 0 unspecified atom stereocenters. The molecule has 0 atom stereocenters. The number of thioether (sulfide) groups is 1. The summed E-state index contributed by atoms with van der Waals surface area (Å²) in [7, 11) is 0. The van der Waals surface area contributed by atoms with E-state index in [2.05, 4.69) is 15.2 Å². The Balaban J connectivity index is 1.34. The fraction of sp³-hybridized carbons (Fsp3) is 0.200. The molecule has 1 aliphatic rings. The number of amides is 1. The van der Waals surface area contributed by atoms with Crippen molar-refractivity contribution in [3.05, 3.63) is 78.6 Å². The van der Waals surface area contributed by atoms with Gasteiger partial charge in [0, 0.05) is 36.7 Å². The van der Waals surface area contributed by atoms with Crippen molar-refractivity contribution in [2.75, 3.05) is 19.1 Å². The van der Waals surface area contributed by atoms with Crippen molar-refractivity contribution in [1.29, 1.82) is 0 Å². The lowest BCUT2D eigenvalue weighted by atomic mass is 10.2. The first-order valence-corrected chi connectivity index (χ1v) is 11.9. The maximum atomic E-state index is 13.1. The zero-order chi connectivity index (χ0) is 23.3. The van der Waals surface area contributed by atoms with E-state index >= 15 is 0 Å². The molecule has 0 N–H and O–H groups in total. The van der Waals surface area contributed by atoms with E-state index in [-0.39, 0.29) is 18.5 Å². The molecule has 0 radical (unpaired) electrons. The van der Waals surface area contributed by atoms with Gasteiger partial charge in [0.05, 0.1) is 5.75 Å². The van der Waals surface area contributed by atoms with Gasteiger partial charge in [-0.1, -0.05) is 36.0 Å². The zero-order valence-electron chi connectivity index (χ0n) is 18.6. The number of hydrogen-bond donors (Lipinski definition) is 0. The normalized spacial score (nSPS) is 12.0. The summed E-state index contributed by atoms with van der Waals surface area (Å²) in [6.07, 6.45) is 3.48. The number of nitrogens with zero attached hydrogens (tertiary/aromatic N) is 5. The van der Waals surface area contributed by atoms with Crippen LogP contribution < -0.4 is 9.47 Å². The average Bonchev–Trinajstić information content (AvgIpc) is 3.53. The number of hydrogen-bond acceptors (Lipinski definition) is 7. The predicted molar refractivity (Wildman–Crippen MR) is 129 cm³/mol. The van der Waals surface area contributed by atoms with Crippen LogP contribution in [0.3, 0.4) is 0 Å². The highest BCUT2D eigenvalue weighted by Crippen LogP contribution is 2.33. The number of pyridine rings is 1. The highest BCUT2D eigenvalue weighted by atomic mass is 32.2. The number of ether oxygens (including phenoxy) is 2. The number of para-hydroxylation sites is 1. The van der Waals surface area contributed by atoms with Crippen molar-refractivity contribution in [2.24, 2.45) is 0 Å². The van der Waals surface area contributed by atoms with Gasteiger partial charge in [-0.15, -0.1) is 10.2 Å². The lowest BCUT2D eigenvalue weighted by molar-refractivity contribution is -0.128. The van der Waals surface area contributed by atoms with Gasteiger partial charge in [-0.05, 0) is 48.9 Å². The highest BCUT2D eigenvalue weighted by Gasteiger charge is 2.20. The summed E-state index contributed by atoms with van der Waals surface area (Å²) in [5.74, 6) is 2.40. The number of carbonyl (C=O) groups is 1. The van der Waals surface area contributed by atoms with Crippen LogP contribution in [0, 0.1) is 0 Å². The second kappa shape index (κ2) is 9.96. The molecule has 0 saturated carbocycles. The Morgan fingerprint density at radius 2 is 1.91 bits per heavy atom. The summed E-state index contributed by atoms with van der Waals surface area (Å²) in [6, 6.07) is 19.5. The van der Waals surface area contributed by atoms with Crippen LogP contribution in [0.5, 0.6) is 11.5 Å². The molecule has 2 aromatic heterocycles. The van der Waals surface area contributed by atoms with Gasteiger partial charge in [-0.25, -0.2) is 0 Å². The van der Waals surface area contributed by atoms with E-state index in [1.54, 1.807) is 12.4 Å². The van der Waals surface area contributed by atoms with Gasteiger partial charge in [0.2, 0.25) is 12.7 Å². The van der Waals surface area contributed by atoms with Gasteiger partial charge in [-0.3, -0.25) is 14.3 Å². The van der Waals surface area contributed by atoms with E-state index in [0.29, 0.717) is 29.8 Å². The summed E-state index contributed by atoms with van der Waals surface area (Å²) in [4.78, 5) is 19.1. The largest absolute Gasteiger partial charge is 0.454 e. The Morgan fingerprint density at radius 3 is 2.71 bits per heavy atom. The van der Waals surface area contributed by atoms with E-state index in [0.717, 1.165) is 22.6 Å². The summed E-state index contributed by atoms with van der Waals surface area (Å²) in [5.41, 5.74) is 2.78. The number of rotatable bonds is 8. The second-order valence-corrected chi connectivity index (χ2v) is 8.55. The van der Waals surface area contributed by atoms with Gasteiger partial charge >= 0.3 is 0 Å². The van der Waals surface area contributed by atoms with Crippen LogP contribution in [0.15, 0.2) is 78.2 Å². The molecule has 0 spiro atoms. The molecule has 4 aromatic rings. The standard InChI is InChI=1S/C25H23N5O3S/c1-2-29(15-18-10-11-21-22(13-18)33-17-32-21)23(31)16-34-25-28-27-24(19-7-6-12-26-14-19)30(25)20-8-4-3-5-9-20/h3-14H,2,15-17H2,1H3. The Labute approximate surface area is 201 Å². The molecule has 5 rings (SSSR count). The van der Waals surface area contributed by atoms with Gasteiger partial charge in [0.15, 0.2) is 22.5 Å². The van der Waals surface area contributed by atoms with Crippen molar-refractivity contribution in [2.45, 2.75) is 18.6 Å². The molecule has 1 aliphatic heterocycles. The molecule has 1 amide bonds. The smallest absolute Gasteiger partial charge is 0.233 e.